The van der Waals surface area contributed by atoms with Crippen molar-refractivity contribution in [2.75, 3.05) is 13.2 Å². The molecule has 0 atom stereocenters. The van der Waals surface area contributed by atoms with Gasteiger partial charge in [0.05, 0.1) is 22.7 Å². The number of nitrogens with zero attached hydrogens (tertiary/aromatic N) is 6. The molecular formula is C23H25F2N7O3. The molecule has 3 aromatic rings. The van der Waals surface area contributed by atoms with Gasteiger partial charge in [-0.1, -0.05) is 12.1 Å². The number of hydrazone groups is 1. The summed E-state index contributed by atoms with van der Waals surface area (Å²) < 4.78 is 36.5. The number of rotatable bonds is 10. The molecule has 12 heteroatoms. The van der Waals surface area contributed by atoms with E-state index in [-0.39, 0.29) is 30.7 Å². The molecule has 0 saturated heterocycles. The first-order valence-electron chi connectivity index (χ1n) is 10.5. The fourth-order valence-corrected chi connectivity index (χ4v) is 2.60. The van der Waals surface area contributed by atoms with E-state index in [2.05, 4.69) is 30.3 Å². The molecular weight excluding hydrogens is 460 g/mol. The maximum absolute atomic E-state index is 12.8. The van der Waals surface area contributed by atoms with Crippen LogP contribution in [0.25, 0.3) is 11.3 Å². The number of ether oxygens (including phenoxy) is 2. The number of hydrogen-bond acceptors (Lipinski definition) is 10. The number of halogens is 2. The SMILES string of the molecule is C/C(=N/N)C(COc1ccc(-c2cnc(OCC(C)(C)O)nc2)nn1)=Nc1ccc(C(F)F)cc1. The van der Waals surface area contributed by atoms with Gasteiger partial charge in [0.25, 0.3) is 6.43 Å². The van der Waals surface area contributed by atoms with Crippen molar-refractivity contribution < 1.29 is 23.4 Å². The van der Waals surface area contributed by atoms with E-state index in [4.69, 9.17) is 15.3 Å². The minimum atomic E-state index is -2.55. The molecule has 0 aliphatic heterocycles. The van der Waals surface area contributed by atoms with Crippen LogP contribution in [0.1, 0.15) is 32.8 Å². The molecule has 0 radical (unpaired) electrons. The van der Waals surface area contributed by atoms with Crippen molar-refractivity contribution in [3.8, 4) is 23.1 Å². The Morgan fingerprint density at radius 3 is 2.29 bits per heavy atom. The van der Waals surface area contributed by atoms with Crippen molar-refractivity contribution in [3.05, 3.63) is 54.4 Å². The van der Waals surface area contributed by atoms with Crippen molar-refractivity contribution in [1.29, 1.82) is 0 Å². The summed E-state index contributed by atoms with van der Waals surface area (Å²) in [5, 5.41) is 21.5. The Bertz CT molecular complexity index is 1160. The monoisotopic (exact) mass is 485 g/mol. The van der Waals surface area contributed by atoms with Gasteiger partial charge in [-0.3, -0.25) is 0 Å². The van der Waals surface area contributed by atoms with Crippen LogP contribution in [-0.4, -0.2) is 55.5 Å². The maximum atomic E-state index is 12.8. The second-order valence-corrected chi connectivity index (χ2v) is 8.07. The highest BCUT2D eigenvalue weighted by molar-refractivity contribution is 6.42. The Morgan fingerprint density at radius 2 is 1.74 bits per heavy atom. The predicted molar refractivity (Wildman–Crippen MR) is 126 cm³/mol. The molecule has 10 nitrogen and oxygen atoms in total. The Labute approximate surface area is 200 Å². The minimum absolute atomic E-state index is 0.0203. The third kappa shape index (κ3) is 7.74. The highest BCUT2D eigenvalue weighted by atomic mass is 19.3. The van der Waals surface area contributed by atoms with E-state index in [1.807, 2.05) is 0 Å². The van der Waals surface area contributed by atoms with E-state index in [0.717, 1.165) is 0 Å². The highest BCUT2D eigenvalue weighted by Crippen LogP contribution is 2.22. The van der Waals surface area contributed by atoms with Crippen molar-refractivity contribution in [1.82, 2.24) is 20.2 Å². The highest BCUT2D eigenvalue weighted by Gasteiger charge is 2.15. The number of hydrogen-bond donors (Lipinski definition) is 2. The fraction of sp³-hybridized carbons (Fsp3) is 0.304. The number of benzene rings is 1. The number of aromatic nitrogens is 4. The van der Waals surface area contributed by atoms with E-state index in [0.29, 0.717) is 28.4 Å². The zero-order valence-electron chi connectivity index (χ0n) is 19.4. The third-order valence-electron chi connectivity index (χ3n) is 4.50. The molecule has 1 aromatic carbocycles. The van der Waals surface area contributed by atoms with Gasteiger partial charge in [0.2, 0.25) is 5.88 Å². The van der Waals surface area contributed by atoms with Crippen LogP contribution in [-0.2, 0) is 0 Å². The number of nitrogens with two attached hydrogens (primary N) is 1. The van der Waals surface area contributed by atoms with Crippen LogP contribution >= 0.6 is 0 Å². The van der Waals surface area contributed by atoms with Crippen LogP contribution in [0.3, 0.4) is 0 Å². The average molecular weight is 485 g/mol. The Morgan fingerprint density at radius 1 is 1.06 bits per heavy atom. The zero-order chi connectivity index (χ0) is 25.4. The predicted octanol–water partition coefficient (Wildman–Crippen LogP) is 3.51. The second kappa shape index (κ2) is 11.4. The summed E-state index contributed by atoms with van der Waals surface area (Å²) in [6.07, 6.45) is 0.506. The van der Waals surface area contributed by atoms with Crippen molar-refractivity contribution in [3.63, 3.8) is 0 Å². The molecule has 35 heavy (non-hydrogen) atoms. The standard InChI is InChI=1S/C23H25F2N7O3/c1-14(30-26)19(29-17-6-4-15(5-7-17)21(24)25)12-34-20-9-8-18(31-32-20)16-10-27-22(28-11-16)35-13-23(2,3)33/h4-11,21,33H,12-13,26H2,1-3H3/b29-19?,30-14-. The topological polar surface area (TPSA) is 141 Å². The summed E-state index contributed by atoms with van der Waals surface area (Å²) in [6, 6.07) is 8.99. The Hall–Kier alpha value is -4.06. The molecule has 2 heterocycles. The van der Waals surface area contributed by atoms with Crippen LogP contribution in [0.5, 0.6) is 11.9 Å². The van der Waals surface area contributed by atoms with E-state index in [1.54, 1.807) is 32.9 Å². The lowest BCUT2D eigenvalue weighted by Crippen LogP contribution is -2.28. The van der Waals surface area contributed by atoms with Crippen molar-refractivity contribution in [2.24, 2.45) is 15.9 Å². The fourth-order valence-electron chi connectivity index (χ4n) is 2.60. The van der Waals surface area contributed by atoms with E-state index >= 15 is 0 Å². The molecule has 3 N–H and O–H groups in total. The molecule has 2 aromatic heterocycles. The zero-order valence-corrected chi connectivity index (χ0v) is 19.4. The number of alkyl halides is 2. The summed E-state index contributed by atoms with van der Waals surface area (Å²) in [6.45, 7) is 4.92. The lowest BCUT2D eigenvalue weighted by Gasteiger charge is -2.16. The Balaban J connectivity index is 1.65. The van der Waals surface area contributed by atoms with Gasteiger partial charge in [-0.15, -0.1) is 10.2 Å². The van der Waals surface area contributed by atoms with E-state index in [1.165, 1.54) is 36.7 Å². The van der Waals surface area contributed by atoms with Gasteiger partial charge in [0, 0.05) is 29.6 Å². The summed E-state index contributed by atoms with van der Waals surface area (Å²) in [5.41, 5.74) is 1.30. The number of aliphatic hydroxyl groups is 1. The average Bonchev–Trinajstić information content (AvgIpc) is 2.85. The summed E-state index contributed by atoms with van der Waals surface area (Å²) in [4.78, 5) is 12.6. The molecule has 0 amide bonds. The molecule has 3 rings (SSSR count). The molecule has 184 valence electrons. The van der Waals surface area contributed by atoms with Crippen molar-refractivity contribution in [2.45, 2.75) is 32.8 Å². The summed E-state index contributed by atoms with van der Waals surface area (Å²) in [5.74, 6) is 5.61. The molecule has 0 spiro atoms. The molecule has 0 aliphatic carbocycles. The van der Waals surface area contributed by atoms with Gasteiger partial charge >= 0.3 is 6.01 Å². The van der Waals surface area contributed by atoms with E-state index < -0.39 is 12.0 Å². The van der Waals surface area contributed by atoms with Crippen LogP contribution in [0, 0.1) is 0 Å². The van der Waals surface area contributed by atoms with Crippen molar-refractivity contribution >= 4 is 17.1 Å². The normalized spacial score (nSPS) is 12.7. The van der Waals surface area contributed by atoms with Crippen LogP contribution < -0.4 is 15.3 Å². The van der Waals surface area contributed by atoms with Crippen LogP contribution in [0.2, 0.25) is 0 Å². The van der Waals surface area contributed by atoms with Gasteiger partial charge in [-0.25, -0.2) is 23.7 Å². The first kappa shape index (κ1) is 25.6. The number of aliphatic imine (C=N–C) groups is 1. The van der Waals surface area contributed by atoms with E-state index in [9.17, 15) is 13.9 Å². The van der Waals surface area contributed by atoms with Gasteiger partial charge in [0.1, 0.15) is 18.9 Å². The molecule has 0 fully saturated rings. The summed E-state index contributed by atoms with van der Waals surface area (Å²) >= 11 is 0. The van der Waals surface area contributed by atoms with Gasteiger partial charge in [-0.05, 0) is 39.0 Å². The van der Waals surface area contributed by atoms with Gasteiger partial charge in [-0.2, -0.15) is 5.10 Å². The molecule has 0 aliphatic rings. The minimum Gasteiger partial charge on any atom is -0.470 e. The lowest BCUT2D eigenvalue weighted by atomic mass is 10.2. The van der Waals surface area contributed by atoms with Crippen LogP contribution in [0.4, 0.5) is 14.5 Å². The Kier molecular flexibility index (Phi) is 8.31. The maximum Gasteiger partial charge on any atom is 0.316 e. The van der Waals surface area contributed by atoms with Gasteiger partial charge in [0.15, 0.2) is 0 Å². The third-order valence-corrected chi connectivity index (χ3v) is 4.50. The first-order valence-corrected chi connectivity index (χ1v) is 10.5. The molecule has 0 saturated carbocycles. The van der Waals surface area contributed by atoms with Gasteiger partial charge < -0.3 is 20.4 Å². The second-order valence-electron chi connectivity index (χ2n) is 8.07. The lowest BCUT2D eigenvalue weighted by molar-refractivity contribution is 0.0250. The van der Waals surface area contributed by atoms with Crippen LogP contribution in [0.15, 0.2) is 58.9 Å². The first-order chi connectivity index (χ1) is 16.6. The largest absolute Gasteiger partial charge is 0.470 e. The smallest absolute Gasteiger partial charge is 0.316 e. The summed E-state index contributed by atoms with van der Waals surface area (Å²) in [7, 11) is 0. The quantitative estimate of drug-likeness (QED) is 0.252. The molecule has 0 bridgehead atoms. The molecule has 0 unspecified atom stereocenters.